The maximum atomic E-state index is 4.69. The van der Waals surface area contributed by atoms with Gasteiger partial charge in [0, 0.05) is 0 Å². The molecule has 0 aliphatic carbocycles. The van der Waals surface area contributed by atoms with Crippen molar-refractivity contribution in [2.75, 3.05) is 0 Å². The number of hydrogen-bond donors (Lipinski definition) is 1. The molecule has 0 spiro atoms. The molecule has 0 saturated carbocycles. The van der Waals surface area contributed by atoms with Crippen LogP contribution >= 0.6 is 12.6 Å². The third-order valence-corrected chi connectivity index (χ3v) is 5.31. The smallest absolute Gasteiger partial charge is 0.00233 e. The zero-order valence-corrected chi connectivity index (χ0v) is 13.6. The minimum Gasteiger partial charge on any atom is -0.147 e. The average Bonchev–Trinajstić information content (AvgIpc) is 2.33. The van der Waals surface area contributed by atoms with E-state index in [1.54, 1.807) is 0 Å². The van der Waals surface area contributed by atoms with Crippen molar-refractivity contribution >= 4 is 12.6 Å². The number of allylic oxidation sites excluding steroid dienone is 4. The topological polar surface area (TPSA) is 0 Å². The molecule has 0 aliphatic rings. The quantitative estimate of drug-likeness (QED) is 0.435. The van der Waals surface area contributed by atoms with Gasteiger partial charge in [-0.3, -0.25) is 0 Å². The molecular formula is C16H30S. The van der Waals surface area contributed by atoms with Gasteiger partial charge >= 0.3 is 0 Å². The molecule has 0 bridgehead atoms. The van der Waals surface area contributed by atoms with Crippen molar-refractivity contribution < 1.29 is 0 Å². The van der Waals surface area contributed by atoms with E-state index in [0.29, 0.717) is 5.41 Å². The first-order valence-electron chi connectivity index (χ1n) is 6.82. The predicted molar refractivity (Wildman–Crippen MR) is 83.6 cm³/mol. The van der Waals surface area contributed by atoms with E-state index in [1.807, 2.05) is 0 Å². The minimum absolute atomic E-state index is 0.232. The molecule has 0 unspecified atom stereocenters. The predicted octanol–water partition coefficient (Wildman–Crippen LogP) is 6.01. The molecule has 0 nitrogen and oxygen atoms in total. The van der Waals surface area contributed by atoms with Gasteiger partial charge in [-0.15, -0.1) is 12.6 Å². The van der Waals surface area contributed by atoms with Gasteiger partial charge in [-0.1, -0.05) is 59.3 Å². The summed E-state index contributed by atoms with van der Waals surface area (Å²) in [4.78, 5) is 1.20. The molecule has 0 aromatic rings. The Kier molecular flexibility index (Phi) is 6.61. The first-order chi connectivity index (χ1) is 7.73. The second-order valence-electron chi connectivity index (χ2n) is 5.91. The second-order valence-corrected chi connectivity index (χ2v) is 6.39. The van der Waals surface area contributed by atoms with E-state index in [-0.39, 0.29) is 5.41 Å². The van der Waals surface area contributed by atoms with Crippen LogP contribution in [-0.2, 0) is 0 Å². The van der Waals surface area contributed by atoms with Gasteiger partial charge in [-0.05, 0) is 41.9 Å². The molecule has 0 rings (SSSR count). The van der Waals surface area contributed by atoms with Crippen LogP contribution in [0.1, 0.15) is 67.7 Å². The first-order valence-corrected chi connectivity index (χ1v) is 7.26. The zero-order chi connectivity index (χ0) is 13.7. The van der Waals surface area contributed by atoms with Crippen molar-refractivity contribution in [3.63, 3.8) is 0 Å². The molecule has 0 amide bonds. The Hall–Kier alpha value is -0.170. The Morgan fingerprint density at radius 3 is 1.76 bits per heavy atom. The number of hydrogen-bond acceptors (Lipinski definition) is 1. The largest absolute Gasteiger partial charge is 0.147 e. The van der Waals surface area contributed by atoms with Crippen LogP contribution in [0.5, 0.6) is 0 Å². The lowest BCUT2D eigenvalue weighted by Crippen LogP contribution is -2.14. The highest BCUT2D eigenvalue weighted by Gasteiger charge is 2.22. The van der Waals surface area contributed by atoms with Crippen molar-refractivity contribution in [2.45, 2.75) is 67.7 Å². The molecule has 17 heavy (non-hydrogen) atoms. The standard InChI is InChI=1S/C16H30S/c1-8-15(5,6)13(4)11-12-14(17)16(7,9-2)10-3/h11-12,17H,8-10H2,1-7H3/b13-11+,14-12-. The van der Waals surface area contributed by atoms with E-state index < -0.39 is 0 Å². The Labute approximate surface area is 114 Å². The van der Waals surface area contributed by atoms with E-state index in [1.165, 1.54) is 16.9 Å². The summed E-state index contributed by atoms with van der Waals surface area (Å²) in [6, 6.07) is 0. The van der Waals surface area contributed by atoms with Crippen molar-refractivity contribution in [1.82, 2.24) is 0 Å². The maximum Gasteiger partial charge on any atom is -0.00233 e. The van der Waals surface area contributed by atoms with Crippen LogP contribution in [0.4, 0.5) is 0 Å². The monoisotopic (exact) mass is 254 g/mol. The summed E-state index contributed by atoms with van der Waals surface area (Å²) in [7, 11) is 0. The van der Waals surface area contributed by atoms with Gasteiger partial charge < -0.3 is 0 Å². The van der Waals surface area contributed by atoms with Crippen LogP contribution in [0.15, 0.2) is 22.6 Å². The van der Waals surface area contributed by atoms with Crippen LogP contribution in [-0.4, -0.2) is 0 Å². The SMILES string of the molecule is CCC(C)(CC)/C(S)=C/C=C(\C)C(C)(C)CC. The van der Waals surface area contributed by atoms with Crippen LogP contribution < -0.4 is 0 Å². The number of rotatable bonds is 6. The summed E-state index contributed by atoms with van der Waals surface area (Å²) in [5.74, 6) is 0. The molecule has 100 valence electrons. The summed E-state index contributed by atoms with van der Waals surface area (Å²) in [6.07, 6.45) is 7.90. The molecule has 0 radical (unpaired) electrons. The van der Waals surface area contributed by atoms with Crippen LogP contribution in [0, 0.1) is 10.8 Å². The third-order valence-electron chi connectivity index (χ3n) is 4.62. The summed E-state index contributed by atoms with van der Waals surface area (Å²) < 4.78 is 0. The Morgan fingerprint density at radius 1 is 0.941 bits per heavy atom. The Bertz CT molecular complexity index is 291. The third kappa shape index (κ3) is 4.54. The van der Waals surface area contributed by atoms with Gasteiger partial charge in [0.2, 0.25) is 0 Å². The van der Waals surface area contributed by atoms with Gasteiger partial charge in [0.05, 0.1) is 0 Å². The zero-order valence-electron chi connectivity index (χ0n) is 12.7. The highest BCUT2D eigenvalue weighted by atomic mass is 32.1. The average molecular weight is 254 g/mol. The van der Waals surface area contributed by atoms with Gasteiger partial charge in [0.25, 0.3) is 0 Å². The van der Waals surface area contributed by atoms with Gasteiger partial charge in [0.15, 0.2) is 0 Å². The minimum atomic E-state index is 0.232. The molecule has 0 aromatic carbocycles. The van der Waals surface area contributed by atoms with Crippen LogP contribution in [0.3, 0.4) is 0 Å². The van der Waals surface area contributed by atoms with E-state index in [9.17, 15) is 0 Å². The molecule has 0 fully saturated rings. The molecule has 0 atom stereocenters. The van der Waals surface area contributed by atoms with Crippen LogP contribution in [0.25, 0.3) is 0 Å². The summed E-state index contributed by atoms with van der Waals surface area (Å²) in [6.45, 7) is 15.8. The lowest BCUT2D eigenvalue weighted by atomic mass is 9.81. The summed E-state index contributed by atoms with van der Waals surface area (Å²) in [5, 5.41) is 0. The first kappa shape index (κ1) is 16.8. The Morgan fingerprint density at radius 2 is 1.41 bits per heavy atom. The van der Waals surface area contributed by atoms with Gasteiger partial charge in [-0.25, -0.2) is 0 Å². The van der Waals surface area contributed by atoms with Crippen molar-refractivity contribution in [3.05, 3.63) is 22.6 Å². The fourth-order valence-electron chi connectivity index (χ4n) is 1.52. The summed E-state index contributed by atoms with van der Waals surface area (Å²) >= 11 is 4.69. The van der Waals surface area contributed by atoms with Gasteiger partial charge in [0.1, 0.15) is 0 Å². The van der Waals surface area contributed by atoms with E-state index in [4.69, 9.17) is 0 Å². The molecule has 1 heteroatoms. The van der Waals surface area contributed by atoms with Crippen LogP contribution in [0.2, 0.25) is 0 Å². The molecule has 0 saturated heterocycles. The fourth-order valence-corrected chi connectivity index (χ4v) is 1.91. The van der Waals surface area contributed by atoms with E-state index in [0.717, 1.165) is 12.8 Å². The molecular weight excluding hydrogens is 224 g/mol. The highest BCUT2D eigenvalue weighted by molar-refractivity contribution is 7.84. The maximum absolute atomic E-state index is 4.69. The molecule has 0 heterocycles. The van der Waals surface area contributed by atoms with Gasteiger partial charge in [-0.2, -0.15) is 0 Å². The van der Waals surface area contributed by atoms with E-state index in [2.05, 4.69) is 73.2 Å². The summed E-state index contributed by atoms with van der Waals surface area (Å²) in [5.41, 5.74) is 1.96. The molecule has 0 aromatic heterocycles. The lowest BCUT2D eigenvalue weighted by molar-refractivity contribution is 0.388. The fraction of sp³-hybridized carbons (Fsp3) is 0.750. The normalized spacial score (nSPS) is 15.3. The molecule has 0 N–H and O–H groups in total. The number of thiol groups is 1. The van der Waals surface area contributed by atoms with Crippen molar-refractivity contribution in [2.24, 2.45) is 10.8 Å². The second kappa shape index (κ2) is 6.68. The highest BCUT2D eigenvalue weighted by Crippen LogP contribution is 2.37. The van der Waals surface area contributed by atoms with E-state index >= 15 is 0 Å². The Balaban J connectivity index is 5.00. The lowest BCUT2D eigenvalue weighted by Gasteiger charge is -2.27. The molecule has 0 aliphatic heterocycles. The van der Waals surface area contributed by atoms with Crippen molar-refractivity contribution in [3.8, 4) is 0 Å². The van der Waals surface area contributed by atoms with Crippen molar-refractivity contribution in [1.29, 1.82) is 0 Å².